The molecule has 142 valence electrons. The molecular weight excluding hydrogens is 366 g/mol. The first-order chi connectivity index (χ1) is 12.9. The van der Waals surface area contributed by atoms with Crippen LogP contribution in [0.2, 0.25) is 5.02 Å². The smallest absolute Gasteiger partial charge is 0.254 e. The standard InChI is InChI=1S/C19H22ClN5O2/c1-13(2)18(26)23-16-11-14(5-6-21-16)19(27)25-9-7-24(8-10-25)17-4-3-15(20)12-22-17/h3-6,11-13H,7-10H2,1-2H3,(H,21,23,26). The number of anilines is 2. The zero-order valence-electron chi connectivity index (χ0n) is 15.4. The zero-order valence-corrected chi connectivity index (χ0v) is 16.1. The number of hydrogen-bond acceptors (Lipinski definition) is 5. The predicted octanol–water partition coefficient (Wildman–Crippen LogP) is 2.69. The Morgan fingerprint density at radius 2 is 1.85 bits per heavy atom. The van der Waals surface area contributed by atoms with Gasteiger partial charge < -0.3 is 15.1 Å². The van der Waals surface area contributed by atoms with Crippen molar-refractivity contribution in [1.82, 2.24) is 14.9 Å². The Balaban J connectivity index is 1.62. The van der Waals surface area contributed by atoms with Gasteiger partial charge in [-0.2, -0.15) is 0 Å². The molecule has 2 aromatic rings. The summed E-state index contributed by atoms with van der Waals surface area (Å²) in [7, 11) is 0. The van der Waals surface area contributed by atoms with Crippen molar-refractivity contribution in [2.45, 2.75) is 13.8 Å². The fraction of sp³-hybridized carbons (Fsp3) is 0.368. The molecule has 2 aromatic heterocycles. The first-order valence-corrected chi connectivity index (χ1v) is 9.24. The molecular formula is C19H22ClN5O2. The maximum absolute atomic E-state index is 12.8. The highest BCUT2D eigenvalue weighted by Crippen LogP contribution is 2.18. The van der Waals surface area contributed by atoms with Gasteiger partial charge in [-0.25, -0.2) is 9.97 Å². The quantitative estimate of drug-likeness (QED) is 0.872. The highest BCUT2D eigenvalue weighted by atomic mass is 35.5. The molecule has 7 nitrogen and oxygen atoms in total. The van der Waals surface area contributed by atoms with Crippen LogP contribution in [0.3, 0.4) is 0 Å². The monoisotopic (exact) mass is 387 g/mol. The summed E-state index contributed by atoms with van der Waals surface area (Å²) in [6.07, 6.45) is 3.16. The molecule has 1 fully saturated rings. The maximum Gasteiger partial charge on any atom is 0.254 e. The summed E-state index contributed by atoms with van der Waals surface area (Å²) in [5.41, 5.74) is 0.516. The fourth-order valence-electron chi connectivity index (χ4n) is 2.78. The van der Waals surface area contributed by atoms with Crippen molar-refractivity contribution in [3.8, 4) is 0 Å². The molecule has 0 unspecified atom stereocenters. The van der Waals surface area contributed by atoms with Crippen molar-refractivity contribution in [2.75, 3.05) is 36.4 Å². The van der Waals surface area contributed by atoms with Crippen molar-refractivity contribution in [1.29, 1.82) is 0 Å². The SMILES string of the molecule is CC(C)C(=O)Nc1cc(C(=O)N2CCN(c3ccc(Cl)cn3)CC2)ccn1. The van der Waals surface area contributed by atoms with Crippen LogP contribution < -0.4 is 10.2 Å². The molecule has 0 spiro atoms. The minimum Gasteiger partial charge on any atom is -0.353 e. The number of halogens is 1. The third-order valence-electron chi connectivity index (χ3n) is 4.39. The Hall–Kier alpha value is -2.67. The Labute approximate surface area is 163 Å². The lowest BCUT2D eigenvalue weighted by Gasteiger charge is -2.35. The lowest BCUT2D eigenvalue weighted by molar-refractivity contribution is -0.118. The molecule has 0 aliphatic carbocycles. The molecule has 0 radical (unpaired) electrons. The molecule has 0 atom stereocenters. The van der Waals surface area contributed by atoms with E-state index in [1.807, 2.05) is 12.1 Å². The number of carbonyl (C=O) groups excluding carboxylic acids is 2. The minimum absolute atomic E-state index is 0.0684. The van der Waals surface area contributed by atoms with Crippen molar-refractivity contribution < 1.29 is 9.59 Å². The number of amides is 2. The second-order valence-corrected chi connectivity index (χ2v) is 7.12. The van der Waals surface area contributed by atoms with Crippen LogP contribution >= 0.6 is 11.6 Å². The van der Waals surface area contributed by atoms with Crippen LogP contribution in [0.15, 0.2) is 36.7 Å². The molecule has 8 heteroatoms. The minimum atomic E-state index is -0.152. The van der Waals surface area contributed by atoms with Gasteiger partial charge in [0, 0.05) is 50.1 Å². The van der Waals surface area contributed by atoms with E-state index >= 15 is 0 Å². The van der Waals surface area contributed by atoms with Gasteiger partial charge in [-0.1, -0.05) is 25.4 Å². The summed E-state index contributed by atoms with van der Waals surface area (Å²) in [6.45, 7) is 6.20. The van der Waals surface area contributed by atoms with Gasteiger partial charge in [0.2, 0.25) is 5.91 Å². The summed E-state index contributed by atoms with van der Waals surface area (Å²) in [5.74, 6) is 0.899. The van der Waals surface area contributed by atoms with Gasteiger partial charge in [-0.15, -0.1) is 0 Å². The first-order valence-electron chi connectivity index (χ1n) is 8.87. The van der Waals surface area contributed by atoms with Gasteiger partial charge in [0.25, 0.3) is 5.91 Å². The molecule has 1 saturated heterocycles. The number of carbonyl (C=O) groups is 2. The molecule has 0 saturated carbocycles. The first kappa shape index (κ1) is 19.1. The zero-order chi connectivity index (χ0) is 19.4. The van der Waals surface area contributed by atoms with Crippen LogP contribution in [-0.4, -0.2) is 52.9 Å². The van der Waals surface area contributed by atoms with E-state index in [1.165, 1.54) is 6.20 Å². The average molecular weight is 388 g/mol. The normalized spacial score (nSPS) is 14.4. The molecule has 1 N–H and O–H groups in total. The van der Waals surface area contributed by atoms with E-state index in [0.717, 1.165) is 5.82 Å². The van der Waals surface area contributed by atoms with Crippen LogP contribution in [0, 0.1) is 5.92 Å². The summed E-state index contributed by atoms with van der Waals surface area (Å²) in [4.78, 5) is 37.0. The molecule has 3 heterocycles. The summed E-state index contributed by atoms with van der Waals surface area (Å²) >= 11 is 5.88. The molecule has 1 aliphatic heterocycles. The van der Waals surface area contributed by atoms with E-state index in [-0.39, 0.29) is 17.7 Å². The number of pyridine rings is 2. The van der Waals surface area contributed by atoms with Crippen molar-refractivity contribution in [2.24, 2.45) is 5.92 Å². The molecule has 27 heavy (non-hydrogen) atoms. The number of rotatable bonds is 4. The number of nitrogens with zero attached hydrogens (tertiary/aromatic N) is 4. The summed E-state index contributed by atoms with van der Waals surface area (Å²) in [5, 5.41) is 3.33. The molecule has 1 aliphatic rings. The summed E-state index contributed by atoms with van der Waals surface area (Å²) in [6, 6.07) is 6.98. The van der Waals surface area contributed by atoms with Gasteiger partial charge in [0.1, 0.15) is 11.6 Å². The second kappa shape index (κ2) is 8.35. The Kier molecular flexibility index (Phi) is 5.91. The molecule has 2 amide bonds. The van der Waals surface area contributed by atoms with E-state index in [0.29, 0.717) is 42.6 Å². The van der Waals surface area contributed by atoms with Crippen LogP contribution in [0.5, 0.6) is 0 Å². The van der Waals surface area contributed by atoms with E-state index in [9.17, 15) is 9.59 Å². The van der Waals surface area contributed by atoms with Crippen molar-refractivity contribution in [3.63, 3.8) is 0 Å². The fourth-order valence-corrected chi connectivity index (χ4v) is 2.89. The van der Waals surface area contributed by atoms with Crippen LogP contribution in [0.1, 0.15) is 24.2 Å². The number of hydrogen-bond donors (Lipinski definition) is 1. The molecule has 0 aromatic carbocycles. The topological polar surface area (TPSA) is 78.4 Å². The highest BCUT2D eigenvalue weighted by Gasteiger charge is 2.23. The maximum atomic E-state index is 12.8. The van der Waals surface area contributed by atoms with Crippen molar-refractivity contribution >= 4 is 35.1 Å². The van der Waals surface area contributed by atoms with Crippen LogP contribution in [-0.2, 0) is 4.79 Å². The number of piperazine rings is 1. The predicted molar refractivity (Wildman–Crippen MR) is 105 cm³/mol. The Morgan fingerprint density at radius 3 is 2.48 bits per heavy atom. The molecule has 0 bridgehead atoms. The second-order valence-electron chi connectivity index (χ2n) is 6.69. The van der Waals surface area contributed by atoms with Gasteiger partial charge >= 0.3 is 0 Å². The average Bonchev–Trinajstić information content (AvgIpc) is 2.68. The summed E-state index contributed by atoms with van der Waals surface area (Å²) < 4.78 is 0. The van der Waals surface area contributed by atoms with Gasteiger partial charge in [0.05, 0.1) is 5.02 Å². The van der Waals surface area contributed by atoms with E-state index in [4.69, 9.17) is 11.6 Å². The Bertz CT molecular complexity index is 817. The number of nitrogens with one attached hydrogen (secondary N) is 1. The van der Waals surface area contributed by atoms with Gasteiger partial charge in [0.15, 0.2) is 0 Å². The van der Waals surface area contributed by atoms with Gasteiger partial charge in [-0.05, 0) is 24.3 Å². The lowest BCUT2D eigenvalue weighted by atomic mass is 10.2. The van der Waals surface area contributed by atoms with Crippen molar-refractivity contribution in [3.05, 3.63) is 47.2 Å². The third kappa shape index (κ3) is 4.74. The largest absolute Gasteiger partial charge is 0.353 e. The van der Waals surface area contributed by atoms with Crippen LogP contribution in [0.25, 0.3) is 0 Å². The molecule has 3 rings (SSSR count). The highest BCUT2D eigenvalue weighted by molar-refractivity contribution is 6.30. The van der Waals surface area contributed by atoms with Gasteiger partial charge in [-0.3, -0.25) is 9.59 Å². The van der Waals surface area contributed by atoms with Crippen LogP contribution in [0.4, 0.5) is 11.6 Å². The Morgan fingerprint density at radius 1 is 1.11 bits per heavy atom. The lowest BCUT2D eigenvalue weighted by Crippen LogP contribution is -2.49. The number of aromatic nitrogens is 2. The van der Waals surface area contributed by atoms with E-state index in [1.54, 1.807) is 37.1 Å². The van der Waals surface area contributed by atoms with E-state index < -0.39 is 0 Å². The van der Waals surface area contributed by atoms with E-state index in [2.05, 4.69) is 20.2 Å². The third-order valence-corrected chi connectivity index (χ3v) is 4.61.